The van der Waals surface area contributed by atoms with Gasteiger partial charge in [0.25, 0.3) is 5.69 Å². The number of rotatable bonds is 8. The Labute approximate surface area is 145 Å². The van der Waals surface area contributed by atoms with Crippen LogP contribution in [0.5, 0.6) is 5.75 Å². The minimum absolute atomic E-state index is 0.0422. The van der Waals surface area contributed by atoms with Gasteiger partial charge in [-0.15, -0.1) is 0 Å². The summed E-state index contributed by atoms with van der Waals surface area (Å²) >= 11 is 0. The number of nitrogens with one attached hydrogen (secondary N) is 1. The molecule has 0 aliphatic rings. The largest absolute Gasteiger partial charge is 0.497 e. The molecule has 2 aromatic carbocycles. The van der Waals surface area contributed by atoms with E-state index in [1.165, 1.54) is 24.3 Å². The molecule has 0 aromatic heterocycles. The molecule has 0 fully saturated rings. The molecular formula is C18H20N2O5. The monoisotopic (exact) mass is 344 g/mol. The number of ether oxygens (including phenoxy) is 1. The quantitative estimate of drug-likeness (QED) is 0.565. The molecule has 1 amide bonds. The first-order valence-corrected chi connectivity index (χ1v) is 7.81. The van der Waals surface area contributed by atoms with Gasteiger partial charge in [0.1, 0.15) is 5.75 Å². The first-order valence-electron chi connectivity index (χ1n) is 7.81. The molecular weight excluding hydrogens is 324 g/mol. The second-order valence-corrected chi connectivity index (χ2v) is 5.52. The van der Waals surface area contributed by atoms with Crippen LogP contribution < -0.4 is 10.1 Å². The van der Waals surface area contributed by atoms with E-state index < -0.39 is 11.0 Å². The number of methoxy groups -OCH3 is 1. The van der Waals surface area contributed by atoms with E-state index in [9.17, 15) is 20.0 Å². The molecule has 2 rings (SSSR count). The summed E-state index contributed by atoms with van der Waals surface area (Å²) in [6.07, 6.45) is -0.0197. The van der Waals surface area contributed by atoms with Gasteiger partial charge in [0, 0.05) is 25.1 Å². The van der Waals surface area contributed by atoms with E-state index >= 15 is 0 Å². The summed E-state index contributed by atoms with van der Waals surface area (Å²) in [6.45, 7) is 0.0548. The summed E-state index contributed by atoms with van der Waals surface area (Å²) in [6, 6.07) is 13.1. The van der Waals surface area contributed by atoms with Crippen molar-refractivity contribution >= 4 is 11.6 Å². The van der Waals surface area contributed by atoms with E-state index in [2.05, 4.69) is 5.32 Å². The zero-order valence-corrected chi connectivity index (χ0v) is 13.8. The Morgan fingerprint density at radius 2 is 1.84 bits per heavy atom. The highest BCUT2D eigenvalue weighted by molar-refractivity contribution is 5.76. The van der Waals surface area contributed by atoms with Crippen molar-refractivity contribution < 1.29 is 19.6 Å². The van der Waals surface area contributed by atoms with Crippen LogP contribution in [0.4, 0.5) is 5.69 Å². The molecule has 0 radical (unpaired) electrons. The fraction of sp³-hybridized carbons (Fsp3) is 0.278. The summed E-state index contributed by atoms with van der Waals surface area (Å²) in [7, 11) is 1.60. The van der Waals surface area contributed by atoms with Crippen LogP contribution in [-0.2, 0) is 11.2 Å². The maximum absolute atomic E-state index is 11.9. The van der Waals surface area contributed by atoms with E-state index in [0.29, 0.717) is 18.4 Å². The molecule has 7 nitrogen and oxygen atoms in total. The second kappa shape index (κ2) is 8.79. The summed E-state index contributed by atoms with van der Waals surface area (Å²) in [4.78, 5) is 22.0. The maximum atomic E-state index is 11.9. The van der Waals surface area contributed by atoms with Gasteiger partial charge in [-0.05, 0) is 41.8 Å². The molecule has 1 atom stereocenters. The lowest BCUT2D eigenvalue weighted by Crippen LogP contribution is -2.28. The molecule has 7 heteroatoms. The van der Waals surface area contributed by atoms with Gasteiger partial charge in [-0.3, -0.25) is 14.9 Å². The van der Waals surface area contributed by atoms with E-state index in [1.54, 1.807) is 7.11 Å². The number of hydrogen-bond acceptors (Lipinski definition) is 5. The molecule has 0 saturated heterocycles. The molecule has 2 N–H and O–H groups in total. The molecule has 25 heavy (non-hydrogen) atoms. The van der Waals surface area contributed by atoms with Crippen molar-refractivity contribution in [1.82, 2.24) is 5.32 Å². The number of nitro groups is 1. The molecule has 0 saturated carbocycles. The van der Waals surface area contributed by atoms with Gasteiger partial charge in [-0.25, -0.2) is 0 Å². The normalized spacial score (nSPS) is 11.6. The summed E-state index contributed by atoms with van der Waals surface area (Å²) in [5.41, 5.74) is 1.49. The van der Waals surface area contributed by atoms with Crippen LogP contribution in [0.15, 0.2) is 48.5 Å². The van der Waals surface area contributed by atoms with E-state index in [1.807, 2.05) is 24.3 Å². The topological polar surface area (TPSA) is 102 Å². The van der Waals surface area contributed by atoms with Crippen molar-refractivity contribution in [2.75, 3.05) is 13.7 Å². The number of benzene rings is 2. The second-order valence-electron chi connectivity index (χ2n) is 5.52. The van der Waals surface area contributed by atoms with Gasteiger partial charge in [0.2, 0.25) is 5.91 Å². The minimum atomic E-state index is -0.911. The Hall–Kier alpha value is -2.93. The van der Waals surface area contributed by atoms with Crippen LogP contribution in [0.3, 0.4) is 0 Å². The predicted molar refractivity (Wildman–Crippen MR) is 92.4 cm³/mol. The first-order chi connectivity index (χ1) is 12.0. The third-order valence-corrected chi connectivity index (χ3v) is 3.78. The molecule has 0 heterocycles. The highest BCUT2D eigenvalue weighted by atomic mass is 16.6. The van der Waals surface area contributed by atoms with Crippen LogP contribution >= 0.6 is 0 Å². The molecule has 2 aromatic rings. The molecule has 132 valence electrons. The Morgan fingerprint density at radius 3 is 2.40 bits per heavy atom. The van der Waals surface area contributed by atoms with Gasteiger partial charge in [-0.2, -0.15) is 0 Å². The summed E-state index contributed by atoms with van der Waals surface area (Å²) in [5, 5.41) is 23.3. The molecule has 0 aliphatic carbocycles. The fourth-order valence-electron chi connectivity index (χ4n) is 2.29. The lowest BCUT2D eigenvalue weighted by Gasteiger charge is -2.12. The Balaban J connectivity index is 1.77. The van der Waals surface area contributed by atoms with Crippen molar-refractivity contribution in [3.05, 3.63) is 69.8 Å². The molecule has 0 aliphatic heterocycles. The zero-order valence-electron chi connectivity index (χ0n) is 13.8. The molecule has 0 bridgehead atoms. The maximum Gasteiger partial charge on any atom is 0.269 e. The first kappa shape index (κ1) is 18.4. The van der Waals surface area contributed by atoms with Crippen molar-refractivity contribution in [3.63, 3.8) is 0 Å². The van der Waals surface area contributed by atoms with E-state index in [0.717, 1.165) is 11.3 Å². The standard InChI is InChI=1S/C18H20N2O5/c1-25-16-9-2-13(3-10-16)4-11-18(22)19-12-17(21)14-5-7-15(8-6-14)20(23)24/h2-3,5-10,17,21H,4,11-12H2,1H3,(H,19,22). The van der Waals surface area contributed by atoms with Crippen LogP contribution in [0.1, 0.15) is 23.7 Å². The minimum Gasteiger partial charge on any atom is -0.497 e. The van der Waals surface area contributed by atoms with Crippen LogP contribution in [0, 0.1) is 10.1 Å². The number of nitro benzene ring substituents is 1. The van der Waals surface area contributed by atoms with Crippen molar-refractivity contribution in [2.45, 2.75) is 18.9 Å². The van der Waals surface area contributed by atoms with Crippen molar-refractivity contribution in [3.8, 4) is 5.75 Å². The average molecular weight is 344 g/mol. The SMILES string of the molecule is COc1ccc(CCC(=O)NCC(O)c2ccc([N+](=O)[O-])cc2)cc1. The van der Waals surface area contributed by atoms with Crippen molar-refractivity contribution in [1.29, 1.82) is 0 Å². The number of carbonyl (C=O) groups excluding carboxylic acids is 1. The van der Waals surface area contributed by atoms with E-state index in [-0.39, 0.29) is 18.1 Å². The van der Waals surface area contributed by atoms with Gasteiger partial charge in [0.05, 0.1) is 18.1 Å². The van der Waals surface area contributed by atoms with Crippen LogP contribution in [-0.4, -0.2) is 29.6 Å². The number of non-ortho nitro benzene ring substituents is 1. The van der Waals surface area contributed by atoms with Gasteiger partial charge >= 0.3 is 0 Å². The van der Waals surface area contributed by atoms with Crippen LogP contribution in [0.25, 0.3) is 0 Å². The summed E-state index contributed by atoms with van der Waals surface area (Å²) in [5.74, 6) is 0.594. The zero-order chi connectivity index (χ0) is 18.2. The number of aliphatic hydroxyl groups is 1. The average Bonchev–Trinajstić information content (AvgIpc) is 2.64. The molecule has 1 unspecified atom stereocenters. The Kier molecular flexibility index (Phi) is 6.47. The van der Waals surface area contributed by atoms with Crippen molar-refractivity contribution in [2.24, 2.45) is 0 Å². The highest BCUT2D eigenvalue weighted by Crippen LogP contribution is 2.17. The Morgan fingerprint density at radius 1 is 1.20 bits per heavy atom. The van der Waals surface area contributed by atoms with Gasteiger partial charge < -0.3 is 15.2 Å². The number of amides is 1. The summed E-state index contributed by atoms with van der Waals surface area (Å²) < 4.78 is 5.08. The smallest absolute Gasteiger partial charge is 0.269 e. The van der Waals surface area contributed by atoms with Gasteiger partial charge in [0.15, 0.2) is 0 Å². The number of aryl methyl sites for hydroxylation is 1. The lowest BCUT2D eigenvalue weighted by atomic mass is 10.1. The fourth-order valence-corrected chi connectivity index (χ4v) is 2.29. The highest BCUT2D eigenvalue weighted by Gasteiger charge is 2.12. The third-order valence-electron chi connectivity index (χ3n) is 3.78. The number of carbonyl (C=O) groups is 1. The number of nitrogens with zero attached hydrogens (tertiary/aromatic N) is 1. The Bertz CT molecular complexity index is 713. The molecule has 0 spiro atoms. The van der Waals surface area contributed by atoms with Crippen LogP contribution in [0.2, 0.25) is 0 Å². The lowest BCUT2D eigenvalue weighted by molar-refractivity contribution is -0.384. The number of aliphatic hydroxyl groups excluding tert-OH is 1. The third kappa shape index (κ3) is 5.58. The predicted octanol–water partition coefficient (Wildman–Crippen LogP) is 2.39. The van der Waals surface area contributed by atoms with Gasteiger partial charge in [-0.1, -0.05) is 12.1 Å². The van der Waals surface area contributed by atoms with E-state index in [4.69, 9.17) is 4.74 Å². The number of hydrogen-bond donors (Lipinski definition) is 2.